The predicted octanol–water partition coefficient (Wildman–Crippen LogP) is 2.60. The van der Waals surface area contributed by atoms with Gasteiger partial charge in [0.15, 0.2) is 0 Å². The van der Waals surface area contributed by atoms with Gasteiger partial charge < -0.3 is 9.80 Å². The number of halogens is 1. The lowest BCUT2D eigenvalue weighted by atomic mass is 9.93. The van der Waals surface area contributed by atoms with Gasteiger partial charge in [-0.15, -0.1) is 0 Å². The van der Waals surface area contributed by atoms with Crippen LogP contribution in [0.5, 0.6) is 0 Å². The van der Waals surface area contributed by atoms with E-state index >= 15 is 0 Å². The van der Waals surface area contributed by atoms with Crippen LogP contribution in [0, 0.1) is 5.41 Å². The van der Waals surface area contributed by atoms with E-state index in [4.69, 9.17) is 11.6 Å². The maximum atomic E-state index is 12.4. The maximum absolute atomic E-state index is 12.4. The minimum absolute atomic E-state index is 0.173. The van der Waals surface area contributed by atoms with E-state index in [1.165, 1.54) is 0 Å². The van der Waals surface area contributed by atoms with Gasteiger partial charge in [0.2, 0.25) is 11.9 Å². The largest absolute Gasteiger partial charge is 0.341 e. The Morgan fingerprint density at radius 2 is 2.00 bits per heavy atom. The fourth-order valence-electron chi connectivity index (χ4n) is 2.62. The first kappa shape index (κ1) is 16.0. The molecule has 2 heterocycles. The lowest BCUT2D eigenvalue weighted by Crippen LogP contribution is -2.51. The first-order valence-corrected chi connectivity index (χ1v) is 7.66. The standard InChI is InChI=1S/C15H23ClN4O/c1-15(2,3)13(21)19(4)12-6-5-7-20(10-12)14-17-8-11(16)9-18-14/h8-9,12H,5-7,10H2,1-4H3. The molecule has 0 spiro atoms. The minimum Gasteiger partial charge on any atom is -0.341 e. The van der Waals surface area contributed by atoms with E-state index < -0.39 is 0 Å². The fourth-order valence-corrected chi connectivity index (χ4v) is 2.71. The molecule has 1 atom stereocenters. The van der Waals surface area contributed by atoms with Crippen LogP contribution in [0.1, 0.15) is 33.6 Å². The topological polar surface area (TPSA) is 49.3 Å². The van der Waals surface area contributed by atoms with Gasteiger partial charge in [-0.3, -0.25) is 4.79 Å². The number of carbonyl (C=O) groups is 1. The van der Waals surface area contributed by atoms with E-state index in [2.05, 4.69) is 14.9 Å². The van der Waals surface area contributed by atoms with Crippen LogP contribution in [0.15, 0.2) is 12.4 Å². The quantitative estimate of drug-likeness (QED) is 0.842. The third-order valence-electron chi connectivity index (χ3n) is 3.80. The van der Waals surface area contributed by atoms with Crippen molar-refractivity contribution in [2.45, 2.75) is 39.7 Å². The Balaban J connectivity index is 2.07. The summed E-state index contributed by atoms with van der Waals surface area (Å²) in [4.78, 5) is 24.9. The van der Waals surface area contributed by atoms with E-state index in [-0.39, 0.29) is 17.4 Å². The Hall–Kier alpha value is -1.36. The summed E-state index contributed by atoms with van der Waals surface area (Å²) >= 11 is 5.83. The molecule has 0 radical (unpaired) electrons. The Morgan fingerprint density at radius 1 is 1.38 bits per heavy atom. The molecule has 0 aliphatic carbocycles. The number of likely N-dealkylation sites (N-methyl/N-ethyl adjacent to an activating group) is 1. The molecule has 1 saturated heterocycles. The second kappa shape index (κ2) is 6.18. The number of nitrogens with zero attached hydrogens (tertiary/aromatic N) is 4. The van der Waals surface area contributed by atoms with Crippen LogP contribution in [-0.2, 0) is 4.79 Å². The van der Waals surface area contributed by atoms with E-state index in [1.807, 2.05) is 32.7 Å². The smallest absolute Gasteiger partial charge is 0.227 e. The normalized spacial score (nSPS) is 19.5. The van der Waals surface area contributed by atoms with Crippen molar-refractivity contribution in [2.24, 2.45) is 5.41 Å². The van der Waals surface area contributed by atoms with E-state index in [0.717, 1.165) is 25.9 Å². The molecule has 1 aromatic rings. The SMILES string of the molecule is CN(C(=O)C(C)(C)C)C1CCCN(c2ncc(Cl)cn2)C1. The van der Waals surface area contributed by atoms with Crippen molar-refractivity contribution in [3.05, 3.63) is 17.4 Å². The van der Waals surface area contributed by atoms with Crippen LogP contribution in [0.4, 0.5) is 5.95 Å². The number of aromatic nitrogens is 2. The summed E-state index contributed by atoms with van der Waals surface area (Å²) in [7, 11) is 1.89. The van der Waals surface area contributed by atoms with E-state index in [0.29, 0.717) is 11.0 Å². The van der Waals surface area contributed by atoms with Gasteiger partial charge in [0.25, 0.3) is 0 Å². The zero-order valence-corrected chi connectivity index (χ0v) is 13.9. The molecule has 1 fully saturated rings. The highest BCUT2D eigenvalue weighted by Crippen LogP contribution is 2.23. The molecule has 116 valence electrons. The molecule has 1 amide bonds. The molecule has 1 aromatic heterocycles. The van der Waals surface area contributed by atoms with Crippen molar-refractivity contribution in [3.8, 4) is 0 Å². The fraction of sp³-hybridized carbons (Fsp3) is 0.667. The van der Waals surface area contributed by atoms with Crippen LogP contribution in [0.3, 0.4) is 0 Å². The number of anilines is 1. The Morgan fingerprint density at radius 3 is 2.57 bits per heavy atom. The van der Waals surface area contributed by atoms with Gasteiger partial charge in [-0.25, -0.2) is 9.97 Å². The van der Waals surface area contributed by atoms with E-state index in [9.17, 15) is 4.79 Å². The van der Waals surface area contributed by atoms with Gasteiger partial charge in [-0.05, 0) is 12.8 Å². The lowest BCUT2D eigenvalue weighted by molar-refractivity contribution is -0.140. The summed E-state index contributed by atoms with van der Waals surface area (Å²) in [5.41, 5.74) is -0.353. The van der Waals surface area contributed by atoms with Gasteiger partial charge in [-0.2, -0.15) is 0 Å². The summed E-state index contributed by atoms with van der Waals surface area (Å²) in [5, 5.41) is 0.535. The van der Waals surface area contributed by atoms with E-state index in [1.54, 1.807) is 12.4 Å². The van der Waals surface area contributed by atoms with Crippen molar-refractivity contribution in [2.75, 3.05) is 25.0 Å². The molecular weight excluding hydrogens is 288 g/mol. The highest BCUT2D eigenvalue weighted by molar-refractivity contribution is 6.30. The number of carbonyl (C=O) groups excluding carboxylic acids is 1. The summed E-state index contributed by atoms with van der Waals surface area (Å²) in [6, 6.07) is 0.199. The molecule has 0 aromatic carbocycles. The van der Waals surface area contributed by atoms with Gasteiger partial charge >= 0.3 is 0 Å². The van der Waals surface area contributed by atoms with Gasteiger partial charge in [-0.1, -0.05) is 32.4 Å². The van der Waals surface area contributed by atoms with Crippen molar-refractivity contribution < 1.29 is 4.79 Å². The molecule has 1 aliphatic rings. The average molecular weight is 311 g/mol. The molecule has 0 N–H and O–H groups in total. The number of hydrogen-bond acceptors (Lipinski definition) is 4. The minimum atomic E-state index is -0.353. The number of hydrogen-bond donors (Lipinski definition) is 0. The van der Waals surface area contributed by atoms with Gasteiger partial charge in [0.1, 0.15) is 0 Å². The number of rotatable bonds is 2. The Bertz CT molecular complexity index is 497. The monoisotopic (exact) mass is 310 g/mol. The summed E-state index contributed by atoms with van der Waals surface area (Å²) in [6.07, 6.45) is 5.26. The highest BCUT2D eigenvalue weighted by atomic mass is 35.5. The lowest BCUT2D eigenvalue weighted by Gasteiger charge is -2.39. The van der Waals surface area contributed by atoms with Crippen molar-refractivity contribution in [1.82, 2.24) is 14.9 Å². The average Bonchev–Trinajstić information content (AvgIpc) is 2.45. The third-order valence-corrected chi connectivity index (χ3v) is 3.99. The molecule has 1 aliphatic heterocycles. The molecule has 21 heavy (non-hydrogen) atoms. The molecule has 1 unspecified atom stereocenters. The first-order valence-electron chi connectivity index (χ1n) is 7.29. The van der Waals surface area contributed by atoms with Crippen LogP contribution in [-0.4, -0.2) is 47.0 Å². The Kier molecular flexibility index (Phi) is 4.71. The molecule has 5 nitrogen and oxygen atoms in total. The first-order chi connectivity index (χ1) is 9.79. The number of amides is 1. The third kappa shape index (κ3) is 3.84. The molecule has 2 rings (SSSR count). The van der Waals surface area contributed by atoms with Crippen LogP contribution >= 0.6 is 11.6 Å². The van der Waals surface area contributed by atoms with Crippen LogP contribution in [0.25, 0.3) is 0 Å². The van der Waals surface area contributed by atoms with Gasteiger partial charge in [0.05, 0.1) is 17.4 Å². The van der Waals surface area contributed by atoms with Gasteiger partial charge in [0, 0.05) is 31.6 Å². The van der Waals surface area contributed by atoms with Crippen LogP contribution in [0.2, 0.25) is 5.02 Å². The van der Waals surface area contributed by atoms with Crippen LogP contribution < -0.4 is 4.90 Å². The molecule has 0 saturated carbocycles. The second-order valence-electron chi connectivity index (χ2n) is 6.61. The Labute approximate surface area is 131 Å². The molecule has 6 heteroatoms. The zero-order chi connectivity index (χ0) is 15.6. The highest BCUT2D eigenvalue weighted by Gasteiger charge is 2.32. The summed E-state index contributed by atoms with van der Waals surface area (Å²) in [6.45, 7) is 7.54. The zero-order valence-electron chi connectivity index (χ0n) is 13.1. The molecular formula is C15H23ClN4O. The second-order valence-corrected chi connectivity index (χ2v) is 7.05. The van der Waals surface area contributed by atoms with Crippen molar-refractivity contribution >= 4 is 23.5 Å². The maximum Gasteiger partial charge on any atom is 0.227 e. The summed E-state index contributed by atoms with van der Waals surface area (Å²) in [5.74, 6) is 0.854. The summed E-state index contributed by atoms with van der Waals surface area (Å²) < 4.78 is 0. The number of piperidine rings is 1. The van der Waals surface area contributed by atoms with Crippen molar-refractivity contribution in [1.29, 1.82) is 0 Å². The van der Waals surface area contributed by atoms with Crippen molar-refractivity contribution in [3.63, 3.8) is 0 Å². The molecule has 0 bridgehead atoms. The predicted molar refractivity (Wildman–Crippen MR) is 84.5 cm³/mol.